The molecule has 5 amide bonds. The second kappa shape index (κ2) is 19.2. The number of alkyl carbamates (subject to hydrolysis) is 1. The van der Waals surface area contributed by atoms with E-state index in [2.05, 4.69) is 43.0 Å². The maximum atomic E-state index is 14.0. The van der Waals surface area contributed by atoms with Gasteiger partial charge in [-0.2, -0.15) is 13.2 Å². The van der Waals surface area contributed by atoms with Gasteiger partial charge >= 0.3 is 18.3 Å². The fourth-order valence-corrected chi connectivity index (χ4v) is 7.49. The lowest BCUT2D eigenvalue weighted by molar-refractivity contribution is -0.136. The van der Waals surface area contributed by atoms with E-state index in [4.69, 9.17) is 4.74 Å². The summed E-state index contributed by atoms with van der Waals surface area (Å²) >= 11 is 0. The molecule has 1 aliphatic carbocycles. The van der Waals surface area contributed by atoms with Gasteiger partial charge in [0.05, 0.1) is 11.1 Å². The zero-order valence-electron chi connectivity index (χ0n) is 32.7. The number of hydrogen-bond donors (Lipinski definition) is 7. The molecule has 0 radical (unpaired) electrons. The molecule has 2 heterocycles. The normalized spacial score (nSPS) is 16.8. The molecular formula is C41H54F3N7O6. The summed E-state index contributed by atoms with van der Waals surface area (Å²) in [5.41, 5.74) is -0.485. The molecule has 16 heteroatoms. The number of aromatic nitrogens is 1. The van der Waals surface area contributed by atoms with Crippen molar-refractivity contribution in [2.75, 3.05) is 30.3 Å². The molecule has 13 nitrogen and oxygen atoms in total. The van der Waals surface area contributed by atoms with Crippen LogP contribution in [0.1, 0.15) is 102 Å². The molecule has 0 spiro atoms. The lowest BCUT2D eigenvalue weighted by Gasteiger charge is -2.28. The number of ether oxygens (including phenoxy) is 1. The summed E-state index contributed by atoms with van der Waals surface area (Å²) in [7, 11) is 0. The van der Waals surface area contributed by atoms with E-state index in [-0.39, 0.29) is 41.4 Å². The molecule has 2 aliphatic rings. The van der Waals surface area contributed by atoms with Crippen LogP contribution in [0, 0.1) is 5.92 Å². The summed E-state index contributed by atoms with van der Waals surface area (Å²) in [5, 5.41) is 17.1. The van der Waals surface area contributed by atoms with Gasteiger partial charge < -0.3 is 41.6 Å². The van der Waals surface area contributed by atoms with Crippen molar-refractivity contribution in [2.24, 2.45) is 5.92 Å². The molecule has 1 fully saturated rings. The largest absolute Gasteiger partial charge is 0.444 e. The number of rotatable bonds is 15. The molecule has 3 atom stereocenters. The number of alkyl halides is 3. The number of carbonyl (C=O) groups excluding carboxylic acids is 4. The fraction of sp³-hybridized carbons (Fsp3) is 0.537. The number of halogens is 3. The second-order valence-corrected chi connectivity index (χ2v) is 15.9. The number of urea groups is 1. The average molecular weight is 798 g/mol. The maximum Gasteiger partial charge on any atom is 0.417 e. The Morgan fingerprint density at radius 1 is 0.877 bits per heavy atom. The van der Waals surface area contributed by atoms with E-state index in [0.29, 0.717) is 38.3 Å². The van der Waals surface area contributed by atoms with Crippen LogP contribution >= 0.6 is 0 Å². The van der Waals surface area contributed by atoms with E-state index < -0.39 is 58.9 Å². The van der Waals surface area contributed by atoms with Gasteiger partial charge in [-0.3, -0.25) is 14.4 Å². The van der Waals surface area contributed by atoms with Gasteiger partial charge in [0.2, 0.25) is 17.4 Å². The average Bonchev–Trinajstić information content (AvgIpc) is 3.55. The van der Waals surface area contributed by atoms with Crippen molar-refractivity contribution in [3.8, 4) is 0 Å². The van der Waals surface area contributed by atoms with E-state index in [1.807, 2.05) is 18.2 Å². The molecule has 5 rings (SSSR count). The first-order valence-corrected chi connectivity index (χ1v) is 19.8. The van der Waals surface area contributed by atoms with Gasteiger partial charge in [-0.05, 0) is 82.6 Å². The molecular weight excluding hydrogens is 743 g/mol. The van der Waals surface area contributed by atoms with Crippen molar-refractivity contribution in [3.05, 3.63) is 70.0 Å². The van der Waals surface area contributed by atoms with Gasteiger partial charge in [0, 0.05) is 48.4 Å². The quantitative estimate of drug-likeness (QED) is 0.0817. The van der Waals surface area contributed by atoms with Crippen LogP contribution in [0.5, 0.6) is 0 Å². The molecule has 1 aliphatic heterocycles. The minimum atomic E-state index is -4.77. The van der Waals surface area contributed by atoms with Crippen molar-refractivity contribution < 1.29 is 37.1 Å². The highest BCUT2D eigenvalue weighted by atomic mass is 19.4. The summed E-state index contributed by atoms with van der Waals surface area (Å²) in [5.74, 6) is -0.767. The third kappa shape index (κ3) is 12.9. The Hall–Kier alpha value is -5.28. The lowest BCUT2D eigenvalue weighted by Crippen LogP contribution is -2.55. The third-order valence-electron chi connectivity index (χ3n) is 10.3. The first kappa shape index (κ1) is 42.9. The fourth-order valence-electron chi connectivity index (χ4n) is 7.49. The molecule has 1 unspecified atom stereocenters. The summed E-state index contributed by atoms with van der Waals surface area (Å²) < 4.78 is 46.3. The number of anilines is 2. The maximum absolute atomic E-state index is 14.0. The number of amides is 5. The molecule has 3 aromatic rings. The topological polar surface area (TPSA) is 183 Å². The Morgan fingerprint density at radius 2 is 1.63 bits per heavy atom. The standard InChI is InChI=1S/C41H54F3N7O6/c1-40(2,3)57-39(56)46-19-10-9-15-32(36(53)48-27-16-17-29-30(41(42,43)44)23-35(52)49-33(29)22-27)50-37(54)34(21-25-11-5-4-6-12-25)51-38(55)45-20-18-26-24-47-31-14-8-7-13-28(26)31/h7-8,13-14,16-17,22-23,25-26,32,34,47H,4-6,9-12,15,18-21,24H2,1-3H3,(H,46,56)(H,48,53)(H,49,52)(H,50,54)(H2,45,51,55)/t26?,32-,34-/m0/s1. The van der Waals surface area contributed by atoms with Crippen LogP contribution in [0.25, 0.3) is 10.9 Å². The first-order valence-electron chi connectivity index (χ1n) is 19.8. The van der Waals surface area contributed by atoms with E-state index in [0.717, 1.165) is 50.4 Å². The Balaban J connectivity index is 1.27. The SMILES string of the molecule is CC(C)(C)OC(=O)NCCCC[C@H](NC(=O)[C@H](CC1CCCCC1)NC(=O)NCCC1CNc2ccccc21)C(=O)Nc1ccc2c(C(F)(F)F)cc(=O)[nH]c2c1. The highest BCUT2D eigenvalue weighted by molar-refractivity contribution is 5.99. The molecule has 1 aromatic heterocycles. The number of para-hydroxylation sites is 1. The third-order valence-corrected chi connectivity index (χ3v) is 10.3. The Labute approximate surface area is 330 Å². The van der Waals surface area contributed by atoms with Crippen LogP contribution in [0.15, 0.2) is 53.3 Å². The van der Waals surface area contributed by atoms with Crippen molar-refractivity contribution in [1.29, 1.82) is 0 Å². The van der Waals surface area contributed by atoms with Crippen molar-refractivity contribution in [2.45, 2.75) is 115 Å². The number of fused-ring (bicyclic) bond motifs is 2. The molecule has 2 aromatic carbocycles. The number of H-pyrrole nitrogens is 1. The highest BCUT2D eigenvalue weighted by Crippen LogP contribution is 2.35. The Morgan fingerprint density at radius 3 is 2.37 bits per heavy atom. The molecule has 1 saturated carbocycles. The lowest BCUT2D eigenvalue weighted by atomic mass is 9.84. The van der Waals surface area contributed by atoms with Crippen LogP contribution in [-0.2, 0) is 20.5 Å². The number of pyridine rings is 1. The first-order chi connectivity index (χ1) is 27.1. The van der Waals surface area contributed by atoms with Crippen molar-refractivity contribution in [3.63, 3.8) is 0 Å². The van der Waals surface area contributed by atoms with E-state index in [9.17, 15) is 37.1 Å². The summed E-state index contributed by atoms with van der Waals surface area (Å²) in [6.07, 6.45) is 1.63. The summed E-state index contributed by atoms with van der Waals surface area (Å²) in [4.78, 5) is 67.7. The summed E-state index contributed by atoms with van der Waals surface area (Å²) in [6, 6.07) is 9.63. The van der Waals surface area contributed by atoms with Gasteiger partial charge in [0.15, 0.2) is 0 Å². The van der Waals surface area contributed by atoms with E-state index >= 15 is 0 Å². The van der Waals surface area contributed by atoms with Crippen LogP contribution in [0.4, 0.5) is 34.1 Å². The number of aromatic amines is 1. The zero-order valence-corrected chi connectivity index (χ0v) is 32.7. The second-order valence-electron chi connectivity index (χ2n) is 15.9. The molecule has 0 saturated heterocycles. The van der Waals surface area contributed by atoms with Crippen LogP contribution < -0.4 is 37.5 Å². The smallest absolute Gasteiger partial charge is 0.417 e. The van der Waals surface area contributed by atoms with Crippen molar-refractivity contribution >= 4 is 46.2 Å². The molecule has 310 valence electrons. The highest BCUT2D eigenvalue weighted by Gasteiger charge is 2.34. The predicted molar refractivity (Wildman–Crippen MR) is 212 cm³/mol. The number of carbonyl (C=O) groups is 4. The van der Waals surface area contributed by atoms with E-state index in [1.54, 1.807) is 20.8 Å². The molecule has 57 heavy (non-hydrogen) atoms. The van der Waals surface area contributed by atoms with Crippen molar-refractivity contribution in [1.82, 2.24) is 26.3 Å². The minimum Gasteiger partial charge on any atom is -0.444 e. The molecule has 7 N–H and O–H groups in total. The van der Waals surface area contributed by atoms with Crippen LogP contribution in [0.3, 0.4) is 0 Å². The minimum absolute atomic E-state index is 0.102. The monoisotopic (exact) mass is 797 g/mol. The van der Waals surface area contributed by atoms with E-state index in [1.165, 1.54) is 17.7 Å². The Kier molecular flexibility index (Phi) is 14.5. The number of hydrogen-bond acceptors (Lipinski definition) is 7. The number of nitrogens with one attached hydrogen (secondary N) is 7. The number of unbranched alkanes of at least 4 members (excludes halogenated alkanes) is 1. The van der Waals surface area contributed by atoms with Gasteiger partial charge in [0.1, 0.15) is 17.7 Å². The van der Waals surface area contributed by atoms with Gasteiger partial charge in [-0.1, -0.05) is 56.4 Å². The Bertz CT molecular complexity index is 1940. The van der Waals surface area contributed by atoms with Gasteiger partial charge in [-0.25, -0.2) is 9.59 Å². The predicted octanol–water partition coefficient (Wildman–Crippen LogP) is 6.90. The zero-order chi connectivity index (χ0) is 41.2. The number of benzene rings is 2. The van der Waals surface area contributed by atoms with Crippen LogP contribution in [0.2, 0.25) is 0 Å². The van der Waals surface area contributed by atoms with Gasteiger partial charge in [-0.15, -0.1) is 0 Å². The van der Waals surface area contributed by atoms with Crippen LogP contribution in [-0.4, -0.2) is 66.2 Å². The van der Waals surface area contributed by atoms with Gasteiger partial charge in [0.25, 0.3) is 0 Å². The summed E-state index contributed by atoms with van der Waals surface area (Å²) in [6.45, 7) is 6.62. The molecule has 0 bridgehead atoms.